The molecule has 1 saturated carbocycles. The number of Topliss-reactive ketones (excluding diaryl/α,β-unsaturated/α-hetero) is 1. The fourth-order valence-corrected chi connectivity index (χ4v) is 2.82. The number of fused-ring (bicyclic) bond motifs is 1. The highest BCUT2D eigenvalue weighted by molar-refractivity contribution is 6.06. The summed E-state index contributed by atoms with van der Waals surface area (Å²) in [6.07, 6.45) is 0.778. The lowest BCUT2D eigenvalue weighted by Crippen LogP contribution is -2.24. The molecular weight excluding hydrogens is 242 g/mol. The van der Waals surface area contributed by atoms with Crippen molar-refractivity contribution in [3.05, 3.63) is 41.7 Å². The van der Waals surface area contributed by atoms with Gasteiger partial charge in [0.2, 0.25) is 0 Å². The molecule has 1 aromatic rings. The lowest BCUT2D eigenvalue weighted by molar-refractivity contribution is -0.125. The molecule has 1 aliphatic heterocycles. The normalized spacial score (nSPS) is 25.2. The summed E-state index contributed by atoms with van der Waals surface area (Å²) >= 11 is 0. The van der Waals surface area contributed by atoms with Crippen molar-refractivity contribution in [3.63, 3.8) is 0 Å². The highest BCUT2D eigenvalue weighted by Crippen LogP contribution is 2.40. The number of allylic oxidation sites excluding steroid dienone is 1. The van der Waals surface area contributed by atoms with Gasteiger partial charge in [-0.3, -0.25) is 9.59 Å². The number of ether oxygens (including phenoxy) is 1. The highest BCUT2D eigenvalue weighted by atomic mass is 16.5. The molecule has 0 saturated heterocycles. The molecule has 0 aromatic heterocycles. The minimum Gasteiger partial charge on any atom is -0.486 e. The van der Waals surface area contributed by atoms with Gasteiger partial charge in [-0.05, 0) is 25.5 Å². The molecule has 4 heteroatoms. The van der Waals surface area contributed by atoms with Gasteiger partial charge in [0, 0.05) is 18.0 Å². The number of hydrogen-bond acceptors (Lipinski definition) is 3. The molecule has 2 aliphatic rings. The number of para-hydroxylation sites is 1. The second-order valence-corrected chi connectivity index (χ2v) is 4.94. The fraction of sp³-hybridized carbons (Fsp3) is 0.333. The average Bonchev–Trinajstić information content (AvgIpc) is 2.90. The van der Waals surface area contributed by atoms with Crippen molar-refractivity contribution in [1.29, 1.82) is 0 Å². The molecule has 1 aliphatic carbocycles. The fourth-order valence-electron chi connectivity index (χ4n) is 2.82. The molecule has 98 valence electrons. The van der Waals surface area contributed by atoms with E-state index in [4.69, 9.17) is 4.74 Å². The zero-order chi connectivity index (χ0) is 13.4. The number of hydrogen-bond donors (Lipinski definition) is 1. The Balaban J connectivity index is 1.80. The Labute approximate surface area is 111 Å². The first-order chi connectivity index (χ1) is 9.16. The minimum absolute atomic E-state index is 0.0730. The third kappa shape index (κ3) is 2.03. The number of ketones is 1. The van der Waals surface area contributed by atoms with Gasteiger partial charge in [0.25, 0.3) is 5.91 Å². The molecule has 1 fully saturated rings. The van der Waals surface area contributed by atoms with Crippen LogP contribution in [0, 0.1) is 5.92 Å². The van der Waals surface area contributed by atoms with Gasteiger partial charge in [-0.1, -0.05) is 18.2 Å². The van der Waals surface area contributed by atoms with Crippen LogP contribution in [0.25, 0.3) is 0 Å². The summed E-state index contributed by atoms with van der Waals surface area (Å²) in [5.41, 5.74) is 1.38. The number of benzene rings is 1. The Kier molecular flexibility index (Phi) is 2.85. The minimum atomic E-state index is -0.434. The van der Waals surface area contributed by atoms with Crippen molar-refractivity contribution in [3.8, 4) is 0 Å². The maximum Gasteiger partial charge on any atom is 0.255 e. The van der Waals surface area contributed by atoms with Crippen molar-refractivity contribution in [2.75, 3.05) is 5.32 Å². The number of carbonyl (C=O) groups is 2. The van der Waals surface area contributed by atoms with E-state index in [9.17, 15) is 9.59 Å². The van der Waals surface area contributed by atoms with Gasteiger partial charge in [-0.25, -0.2) is 0 Å². The first-order valence-electron chi connectivity index (χ1n) is 6.43. The van der Waals surface area contributed by atoms with Crippen molar-refractivity contribution in [2.45, 2.75) is 25.9 Å². The first kappa shape index (κ1) is 12.0. The summed E-state index contributed by atoms with van der Waals surface area (Å²) in [6, 6.07) is 9.29. The van der Waals surface area contributed by atoms with Gasteiger partial charge in [-0.2, -0.15) is 0 Å². The van der Waals surface area contributed by atoms with Crippen LogP contribution in [0.5, 0.6) is 0 Å². The zero-order valence-electron chi connectivity index (χ0n) is 10.7. The number of anilines is 1. The van der Waals surface area contributed by atoms with E-state index in [1.807, 2.05) is 30.3 Å². The summed E-state index contributed by atoms with van der Waals surface area (Å²) in [5.74, 6) is 0.449. The Morgan fingerprint density at radius 2 is 2.05 bits per heavy atom. The largest absolute Gasteiger partial charge is 0.486 e. The van der Waals surface area contributed by atoms with Crippen LogP contribution in [0.1, 0.15) is 19.8 Å². The first-order valence-corrected chi connectivity index (χ1v) is 6.43. The summed E-state index contributed by atoms with van der Waals surface area (Å²) in [5, 5.41) is 2.85. The van der Waals surface area contributed by atoms with Gasteiger partial charge in [0.05, 0.1) is 5.57 Å². The highest BCUT2D eigenvalue weighted by Gasteiger charge is 2.46. The van der Waals surface area contributed by atoms with Crippen molar-refractivity contribution < 1.29 is 14.3 Å². The maximum absolute atomic E-state index is 12.3. The van der Waals surface area contributed by atoms with Crippen LogP contribution in [0.3, 0.4) is 0 Å². The zero-order valence-corrected chi connectivity index (χ0v) is 10.7. The standard InChI is InChI=1S/C15H15NO3/c1-9-13(11-7-8-12(17)14(11)19-9)15(18)16-10-5-3-2-4-6-10/h2-6,11,14H,7-8H2,1H3,(H,16,18). The maximum atomic E-state index is 12.3. The van der Waals surface area contributed by atoms with E-state index in [2.05, 4.69) is 5.32 Å². The molecular formula is C15H15NO3. The molecule has 1 N–H and O–H groups in total. The van der Waals surface area contributed by atoms with Crippen LogP contribution in [0.2, 0.25) is 0 Å². The molecule has 1 amide bonds. The predicted molar refractivity (Wildman–Crippen MR) is 70.4 cm³/mol. The van der Waals surface area contributed by atoms with Gasteiger partial charge in [-0.15, -0.1) is 0 Å². The summed E-state index contributed by atoms with van der Waals surface area (Å²) in [7, 11) is 0. The number of rotatable bonds is 2. The van der Waals surface area contributed by atoms with Crippen molar-refractivity contribution >= 4 is 17.4 Å². The van der Waals surface area contributed by atoms with E-state index in [-0.39, 0.29) is 17.6 Å². The molecule has 0 radical (unpaired) electrons. The molecule has 1 heterocycles. The lowest BCUT2D eigenvalue weighted by atomic mass is 9.96. The Hall–Kier alpha value is -2.10. The Morgan fingerprint density at radius 1 is 1.32 bits per heavy atom. The monoisotopic (exact) mass is 257 g/mol. The molecule has 1 aromatic carbocycles. The van der Waals surface area contributed by atoms with Crippen LogP contribution >= 0.6 is 0 Å². The van der Waals surface area contributed by atoms with Crippen LogP contribution < -0.4 is 5.32 Å². The number of nitrogens with one attached hydrogen (secondary N) is 1. The quantitative estimate of drug-likeness (QED) is 0.884. The average molecular weight is 257 g/mol. The summed E-state index contributed by atoms with van der Waals surface area (Å²) in [4.78, 5) is 24.0. The molecule has 0 bridgehead atoms. The van der Waals surface area contributed by atoms with E-state index in [1.165, 1.54) is 0 Å². The van der Waals surface area contributed by atoms with E-state index in [1.54, 1.807) is 6.92 Å². The Bertz CT molecular complexity index is 562. The molecule has 3 rings (SSSR count). The van der Waals surface area contributed by atoms with Gasteiger partial charge in [0.15, 0.2) is 11.9 Å². The van der Waals surface area contributed by atoms with E-state index < -0.39 is 6.10 Å². The smallest absolute Gasteiger partial charge is 0.255 e. The van der Waals surface area contributed by atoms with E-state index >= 15 is 0 Å². The van der Waals surface area contributed by atoms with Crippen LogP contribution in [0.15, 0.2) is 41.7 Å². The second-order valence-electron chi connectivity index (χ2n) is 4.94. The van der Waals surface area contributed by atoms with E-state index in [0.717, 1.165) is 5.69 Å². The molecule has 2 unspecified atom stereocenters. The Morgan fingerprint density at radius 3 is 2.79 bits per heavy atom. The van der Waals surface area contributed by atoms with Crippen molar-refractivity contribution in [1.82, 2.24) is 0 Å². The molecule has 19 heavy (non-hydrogen) atoms. The predicted octanol–water partition coefficient (Wildman–Crippen LogP) is 2.28. The molecule has 2 atom stereocenters. The van der Waals surface area contributed by atoms with Crippen LogP contribution in [-0.4, -0.2) is 17.8 Å². The third-order valence-electron chi connectivity index (χ3n) is 3.71. The van der Waals surface area contributed by atoms with E-state index in [0.29, 0.717) is 24.2 Å². The topological polar surface area (TPSA) is 55.4 Å². The summed E-state index contributed by atoms with van der Waals surface area (Å²) < 4.78 is 5.54. The van der Waals surface area contributed by atoms with Gasteiger partial charge in [0.1, 0.15) is 5.76 Å². The SMILES string of the molecule is CC1=C(C(=O)Nc2ccccc2)C2CCC(=O)C2O1. The van der Waals surface area contributed by atoms with Gasteiger partial charge >= 0.3 is 0 Å². The lowest BCUT2D eigenvalue weighted by Gasteiger charge is -2.11. The molecule has 0 spiro atoms. The summed E-state index contributed by atoms with van der Waals surface area (Å²) in [6.45, 7) is 1.76. The molecule has 4 nitrogen and oxygen atoms in total. The second kappa shape index (κ2) is 4.53. The van der Waals surface area contributed by atoms with Gasteiger partial charge < -0.3 is 10.1 Å². The van der Waals surface area contributed by atoms with Crippen LogP contribution in [-0.2, 0) is 14.3 Å². The number of amides is 1. The van der Waals surface area contributed by atoms with Crippen LogP contribution in [0.4, 0.5) is 5.69 Å². The third-order valence-corrected chi connectivity index (χ3v) is 3.71. The number of carbonyl (C=O) groups excluding carboxylic acids is 2. The van der Waals surface area contributed by atoms with Crippen molar-refractivity contribution in [2.24, 2.45) is 5.92 Å².